The van der Waals surface area contributed by atoms with Crippen LogP contribution in [0, 0.1) is 0 Å². The first-order valence-electron chi connectivity index (χ1n) is 9.64. The second kappa shape index (κ2) is 11.5. The first-order chi connectivity index (χ1) is 14.2. The first-order valence-corrected chi connectivity index (χ1v) is 11.0. The smallest absolute Gasteiger partial charge is 0.251 e. The molecule has 0 aromatic heterocycles. The van der Waals surface area contributed by atoms with E-state index in [4.69, 9.17) is 16.3 Å². The Kier molecular flexibility index (Phi) is 8.47. The van der Waals surface area contributed by atoms with Gasteiger partial charge in [0.2, 0.25) is 0 Å². The summed E-state index contributed by atoms with van der Waals surface area (Å²) in [4.78, 5) is 13.5. The Bertz CT molecular complexity index is 883. The van der Waals surface area contributed by atoms with Crippen molar-refractivity contribution in [2.45, 2.75) is 17.7 Å². The number of halogens is 1. The summed E-state index contributed by atoms with van der Waals surface area (Å²) in [5, 5.41) is 3.70. The van der Waals surface area contributed by atoms with Gasteiger partial charge in [-0.3, -0.25) is 4.79 Å². The fourth-order valence-electron chi connectivity index (χ4n) is 2.79. The lowest BCUT2D eigenvalue weighted by molar-refractivity contribution is 0.0953. The van der Waals surface area contributed by atoms with E-state index in [0.717, 1.165) is 29.4 Å². The van der Waals surface area contributed by atoms with Gasteiger partial charge in [-0.2, -0.15) is 0 Å². The predicted molar refractivity (Wildman–Crippen MR) is 121 cm³/mol. The molecule has 1 N–H and O–H groups in total. The van der Waals surface area contributed by atoms with Crippen molar-refractivity contribution in [1.29, 1.82) is 0 Å². The SMILES string of the molecule is O=C(NCCCc1ccc(Cl)cc1)c1ccc(OCCSc2ccccc2)cc1. The predicted octanol–water partition coefficient (Wildman–Crippen LogP) is 5.87. The van der Waals surface area contributed by atoms with Crippen molar-refractivity contribution in [2.24, 2.45) is 0 Å². The molecule has 0 saturated heterocycles. The van der Waals surface area contributed by atoms with Gasteiger partial charge in [-0.15, -0.1) is 11.8 Å². The molecular formula is C24H24ClNO2S. The zero-order chi connectivity index (χ0) is 20.3. The molecule has 150 valence electrons. The Morgan fingerprint density at radius 1 is 0.931 bits per heavy atom. The zero-order valence-electron chi connectivity index (χ0n) is 16.1. The maximum atomic E-state index is 12.3. The number of carbonyl (C=O) groups excluding carboxylic acids is 1. The van der Waals surface area contributed by atoms with Gasteiger partial charge in [0.15, 0.2) is 0 Å². The number of hydrogen-bond donors (Lipinski definition) is 1. The van der Waals surface area contributed by atoms with Gasteiger partial charge in [0, 0.05) is 27.8 Å². The van der Waals surface area contributed by atoms with Crippen LogP contribution in [0.3, 0.4) is 0 Å². The van der Waals surface area contributed by atoms with Crippen LogP contribution >= 0.6 is 23.4 Å². The number of aryl methyl sites for hydroxylation is 1. The average molecular weight is 426 g/mol. The van der Waals surface area contributed by atoms with Crippen LogP contribution in [-0.2, 0) is 6.42 Å². The van der Waals surface area contributed by atoms with Gasteiger partial charge < -0.3 is 10.1 Å². The molecule has 0 spiro atoms. The summed E-state index contributed by atoms with van der Waals surface area (Å²) in [6.45, 7) is 1.26. The lowest BCUT2D eigenvalue weighted by atomic mass is 10.1. The number of rotatable bonds is 10. The zero-order valence-corrected chi connectivity index (χ0v) is 17.7. The molecule has 5 heteroatoms. The Morgan fingerprint density at radius 3 is 2.38 bits per heavy atom. The standard InChI is InChI=1S/C24H24ClNO2S/c25-21-12-8-19(9-13-21)5-4-16-26-24(27)20-10-14-22(15-11-20)28-17-18-29-23-6-2-1-3-7-23/h1-3,6-15H,4-5,16-18H2,(H,26,27). The van der Waals surface area contributed by atoms with Crippen molar-refractivity contribution in [3.63, 3.8) is 0 Å². The van der Waals surface area contributed by atoms with Crippen molar-refractivity contribution in [3.8, 4) is 5.75 Å². The van der Waals surface area contributed by atoms with E-state index in [0.29, 0.717) is 18.7 Å². The van der Waals surface area contributed by atoms with E-state index in [1.807, 2.05) is 54.6 Å². The van der Waals surface area contributed by atoms with Crippen molar-refractivity contribution in [1.82, 2.24) is 5.32 Å². The Hall–Kier alpha value is -2.43. The lowest BCUT2D eigenvalue weighted by Crippen LogP contribution is -2.24. The molecule has 3 nitrogen and oxygen atoms in total. The highest BCUT2D eigenvalue weighted by Gasteiger charge is 2.05. The third-order valence-corrected chi connectivity index (χ3v) is 5.55. The van der Waals surface area contributed by atoms with Crippen LogP contribution in [0.1, 0.15) is 22.3 Å². The molecule has 3 rings (SSSR count). The summed E-state index contributed by atoms with van der Waals surface area (Å²) in [7, 11) is 0. The van der Waals surface area contributed by atoms with Crippen LogP contribution in [0.5, 0.6) is 5.75 Å². The van der Waals surface area contributed by atoms with E-state index in [9.17, 15) is 4.79 Å². The summed E-state index contributed by atoms with van der Waals surface area (Å²) in [5.41, 5.74) is 1.86. The summed E-state index contributed by atoms with van der Waals surface area (Å²) in [6.07, 6.45) is 1.79. The highest BCUT2D eigenvalue weighted by molar-refractivity contribution is 7.99. The quantitative estimate of drug-likeness (QED) is 0.326. The molecule has 3 aromatic rings. The van der Waals surface area contributed by atoms with Crippen molar-refractivity contribution >= 4 is 29.3 Å². The number of thioether (sulfide) groups is 1. The molecule has 1 amide bonds. The van der Waals surface area contributed by atoms with Crippen LogP contribution in [0.4, 0.5) is 0 Å². The van der Waals surface area contributed by atoms with Crippen LogP contribution in [0.25, 0.3) is 0 Å². The number of amides is 1. The van der Waals surface area contributed by atoms with Crippen molar-refractivity contribution < 1.29 is 9.53 Å². The first kappa shape index (κ1) is 21.3. The maximum Gasteiger partial charge on any atom is 0.251 e. The molecular weight excluding hydrogens is 402 g/mol. The minimum atomic E-state index is -0.0627. The summed E-state index contributed by atoms with van der Waals surface area (Å²) >= 11 is 7.65. The van der Waals surface area contributed by atoms with E-state index in [-0.39, 0.29) is 5.91 Å². The molecule has 0 radical (unpaired) electrons. The minimum absolute atomic E-state index is 0.0627. The molecule has 0 heterocycles. The molecule has 0 bridgehead atoms. The summed E-state index contributed by atoms with van der Waals surface area (Å²) in [6, 6.07) is 25.4. The van der Waals surface area contributed by atoms with Crippen LogP contribution in [-0.4, -0.2) is 24.8 Å². The number of carbonyl (C=O) groups is 1. The topological polar surface area (TPSA) is 38.3 Å². The lowest BCUT2D eigenvalue weighted by Gasteiger charge is -2.08. The summed E-state index contributed by atoms with van der Waals surface area (Å²) in [5.74, 6) is 1.59. The van der Waals surface area contributed by atoms with E-state index in [2.05, 4.69) is 17.4 Å². The average Bonchev–Trinajstić information content (AvgIpc) is 2.76. The fraction of sp³-hybridized carbons (Fsp3) is 0.208. The molecule has 0 unspecified atom stereocenters. The van der Waals surface area contributed by atoms with Gasteiger partial charge in [0.1, 0.15) is 5.75 Å². The van der Waals surface area contributed by atoms with Crippen LogP contribution in [0.15, 0.2) is 83.8 Å². The third-order valence-electron chi connectivity index (χ3n) is 4.32. The minimum Gasteiger partial charge on any atom is -0.493 e. The second-order valence-corrected chi connectivity index (χ2v) is 8.13. The molecule has 0 aliphatic carbocycles. The third kappa shape index (κ3) is 7.48. The number of ether oxygens (including phenoxy) is 1. The molecule has 0 fully saturated rings. The molecule has 0 aliphatic rings. The van der Waals surface area contributed by atoms with Gasteiger partial charge in [-0.25, -0.2) is 0 Å². The van der Waals surface area contributed by atoms with E-state index in [1.54, 1.807) is 23.9 Å². The van der Waals surface area contributed by atoms with Gasteiger partial charge >= 0.3 is 0 Å². The maximum absolute atomic E-state index is 12.3. The molecule has 3 aromatic carbocycles. The second-order valence-electron chi connectivity index (χ2n) is 6.52. The summed E-state index contributed by atoms with van der Waals surface area (Å²) < 4.78 is 5.76. The largest absolute Gasteiger partial charge is 0.493 e. The Morgan fingerprint density at radius 2 is 1.66 bits per heavy atom. The Balaban J connectivity index is 1.34. The van der Waals surface area contributed by atoms with Crippen molar-refractivity contribution in [2.75, 3.05) is 18.9 Å². The normalized spacial score (nSPS) is 10.5. The molecule has 0 aliphatic heterocycles. The van der Waals surface area contributed by atoms with Gasteiger partial charge in [-0.1, -0.05) is 41.9 Å². The molecule has 0 saturated carbocycles. The highest BCUT2D eigenvalue weighted by Crippen LogP contribution is 2.18. The fourth-order valence-corrected chi connectivity index (χ4v) is 3.66. The number of benzene rings is 3. The van der Waals surface area contributed by atoms with Gasteiger partial charge in [-0.05, 0) is 66.9 Å². The monoisotopic (exact) mass is 425 g/mol. The number of hydrogen-bond acceptors (Lipinski definition) is 3. The van der Waals surface area contributed by atoms with Gasteiger partial charge in [0.25, 0.3) is 5.91 Å². The van der Waals surface area contributed by atoms with E-state index in [1.165, 1.54) is 10.5 Å². The van der Waals surface area contributed by atoms with Crippen molar-refractivity contribution in [3.05, 3.63) is 95.0 Å². The van der Waals surface area contributed by atoms with Crippen LogP contribution in [0.2, 0.25) is 5.02 Å². The number of nitrogens with one attached hydrogen (secondary N) is 1. The van der Waals surface area contributed by atoms with Gasteiger partial charge in [0.05, 0.1) is 6.61 Å². The highest BCUT2D eigenvalue weighted by atomic mass is 35.5. The van der Waals surface area contributed by atoms with Crippen LogP contribution < -0.4 is 10.1 Å². The Labute approximate surface area is 181 Å². The van der Waals surface area contributed by atoms with E-state index >= 15 is 0 Å². The van der Waals surface area contributed by atoms with E-state index < -0.39 is 0 Å². The molecule has 0 atom stereocenters. The molecule has 29 heavy (non-hydrogen) atoms.